The monoisotopic (exact) mass is 533 g/mol. The molecule has 10 heteroatoms. The first-order valence-electron chi connectivity index (χ1n) is 11.4. The fourth-order valence-electron chi connectivity index (χ4n) is 4.62. The molecule has 0 saturated heterocycles. The molecule has 0 bridgehead atoms. The van der Waals surface area contributed by atoms with Gasteiger partial charge in [-0.2, -0.15) is 0 Å². The Kier molecular flexibility index (Phi) is 6.73. The van der Waals surface area contributed by atoms with E-state index in [1.54, 1.807) is 37.5 Å². The number of aromatic nitrogens is 1. The van der Waals surface area contributed by atoms with Crippen molar-refractivity contribution in [3.8, 4) is 39.9 Å². The van der Waals surface area contributed by atoms with Gasteiger partial charge in [-0.25, -0.2) is 4.79 Å². The van der Waals surface area contributed by atoms with Crippen LogP contribution in [0.5, 0.6) is 28.7 Å². The zero-order valence-corrected chi connectivity index (χ0v) is 21.8. The van der Waals surface area contributed by atoms with Crippen molar-refractivity contribution >= 4 is 33.7 Å². The maximum absolute atomic E-state index is 13.2. The molecule has 1 heterocycles. The summed E-state index contributed by atoms with van der Waals surface area (Å²) in [4.78, 5) is 26.0. The topological polar surface area (TPSA) is 117 Å². The number of phenols is 1. The number of hydrogen-bond donors (Lipinski definition) is 1. The van der Waals surface area contributed by atoms with Crippen LogP contribution in [-0.4, -0.2) is 43.8 Å². The van der Waals surface area contributed by atoms with E-state index in [1.165, 1.54) is 33.5 Å². The molecule has 1 N–H and O–H groups in total. The number of nitrogens with zero attached hydrogens (tertiary/aromatic N) is 1. The average molecular weight is 534 g/mol. The molecule has 3 aromatic carbocycles. The summed E-state index contributed by atoms with van der Waals surface area (Å²) in [5, 5.41) is 13.8. The summed E-state index contributed by atoms with van der Waals surface area (Å²) in [7, 11) is 6.00. The minimum atomic E-state index is -0.648. The van der Waals surface area contributed by atoms with Crippen LogP contribution in [0, 0.1) is 0 Å². The number of thioether (sulfide) groups is 1. The normalized spacial score (nSPS) is 13.8. The second-order valence-corrected chi connectivity index (χ2v) is 9.38. The number of methoxy groups -OCH3 is 4. The van der Waals surface area contributed by atoms with Crippen molar-refractivity contribution in [1.82, 2.24) is 5.16 Å². The Morgan fingerprint density at radius 1 is 1.00 bits per heavy atom. The molecule has 1 unspecified atom stereocenters. The highest BCUT2D eigenvalue weighted by Gasteiger charge is 2.37. The quantitative estimate of drug-likeness (QED) is 0.326. The highest BCUT2D eigenvalue weighted by molar-refractivity contribution is 8.14. The van der Waals surface area contributed by atoms with Gasteiger partial charge >= 0.3 is 5.63 Å². The lowest BCUT2D eigenvalue weighted by molar-refractivity contribution is -0.107. The largest absolute Gasteiger partial charge is 0.504 e. The molecule has 0 fully saturated rings. The molecule has 0 amide bonds. The molecule has 4 aromatic rings. The Morgan fingerprint density at radius 3 is 2.47 bits per heavy atom. The third kappa shape index (κ3) is 4.12. The average Bonchev–Trinajstić information content (AvgIpc) is 2.94. The summed E-state index contributed by atoms with van der Waals surface area (Å²) in [5.74, 6) is 1.63. The first kappa shape index (κ1) is 25.2. The zero-order chi connectivity index (χ0) is 27.0. The lowest BCUT2D eigenvalue weighted by Gasteiger charge is -2.28. The Morgan fingerprint density at radius 2 is 1.76 bits per heavy atom. The molecule has 194 valence electrons. The van der Waals surface area contributed by atoms with E-state index in [2.05, 4.69) is 5.16 Å². The number of ether oxygens (including phenoxy) is 4. The van der Waals surface area contributed by atoms with Crippen molar-refractivity contribution in [3.05, 3.63) is 75.8 Å². The molecule has 1 aliphatic rings. The van der Waals surface area contributed by atoms with Crippen LogP contribution in [0.15, 0.2) is 57.9 Å². The Bertz CT molecular complexity index is 1660. The van der Waals surface area contributed by atoms with Crippen LogP contribution in [0.2, 0.25) is 0 Å². The van der Waals surface area contributed by atoms with Crippen molar-refractivity contribution in [2.75, 3.05) is 28.4 Å². The van der Waals surface area contributed by atoms with Crippen molar-refractivity contribution in [2.24, 2.45) is 0 Å². The molecule has 38 heavy (non-hydrogen) atoms. The van der Waals surface area contributed by atoms with Gasteiger partial charge in [0.2, 0.25) is 5.12 Å². The third-order valence-electron chi connectivity index (χ3n) is 6.29. The molecule has 1 aliphatic carbocycles. The van der Waals surface area contributed by atoms with Gasteiger partial charge in [0.25, 0.3) is 0 Å². The molecule has 0 aliphatic heterocycles. The molecule has 9 nitrogen and oxygen atoms in total. The van der Waals surface area contributed by atoms with E-state index in [1.807, 2.05) is 12.1 Å². The van der Waals surface area contributed by atoms with E-state index >= 15 is 0 Å². The number of carbonyl (C=O) groups excluding carboxylic acids is 1. The SMILES string of the molecule is COc1cc(C=CC(=O)SC2c3c(OC)cccc3-c3c(OC)c(OC)cc4c(=O)onc2c34)ccc1O. The van der Waals surface area contributed by atoms with Crippen molar-refractivity contribution in [3.63, 3.8) is 0 Å². The second kappa shape index (κ2) is 10.1. The van der Waals surface area contributed by atoms with Crippen LogP contribution in [0.25, 0.3) is 28.0 Å². The minimum Gasteiger partial charge on any atom is -0.504 e. The highest BCUT2D eigenvalue weighted by atomic mass is 32.2. The molecule has 0 saturated carbocycles. The smallest absolute Gasteiger partial charge is 0.366 e. The lowest BCUT2D eigenvalue weighted by Crippen LogP contribution is -2.16. The van der Waals surface area contributed by atoms with Crippen molar-refractivity contribution in [1.29, 1.82) is 0 Å². The van der Waals surface area contributed by atoms with Crippen LogP contribution in [0.3, 0.4) is 0 Å². The maximum Gasteiger partial charge on any atom is 0.366 e. The van der Waals surface area contributed by atoms with Gasteiger partial charge in [-0.1, -0.05) is 41.2 Å². The predicted octanol–water partition coefficient (Wildman–Crippen LogP) is 4.97. The van der Waals surface area contributed by atoms with Gasteiger partial charge in [0, 0.05) is 16.5 Å². The van der Waals surface area contributed by atoms with E-state index in [0.29, 0.717) is 50.8 Å². The predicted molar refractivity (Wildman–Crippen MR) is 144 cm³/mol. The van der Waals surface area contributed by atoms with Crippen LogP contribution in [-0.2, 0) is 4.79 Å². The summed E-state index contributed by atoms with van der Waals surface area (Å²) in [6, 6.07) is 11.8. The second-order valence-electron chi connectivity index (χ2n) is 8.27. The number of rotatable bonds is 7. The van der Waals surface area contributed by atoms with E-state index in [0.717, 1.165) is 17.3 Å². The van der Waals surface area contributed by atoms with Gasteiger partial charge in [-0.05, 0) is 41.5 Å². The number of aromatic hydroxyl groups is 1. The number of phenolic OH excluding ortho intramolecular Hbond substituents is 1. The molecule has 5 rings (SSSR count). The maximum atomic E-state index is 13.2. The lowest BCUT2D eigenvalue weighted by atomic mass is 9.85. The van der Waals surface area contributed by atoms with Crippen molar-refractivity contribution < 1.29 is 33.4 Å². The Labute approximate surface area is 221 Å². The fraction of sp³-hybridized carbons (Fsp3) is 0.179. The van der Waals surface area contributed by atoms with Gasteiger partial charge in [-0.3, -0.25) is 4.79 Å². The first-order valence-corrected chi connectivity index (χ1v) is 12.3. The summed E-state index contributed by atoms with van der Waals surface area (Å²) < 4.78 is 27.2. The third-order valence-corrected chi connectivity index (χ3v) is 7.35. The zero-order valence-electron chi connectivity index (χ0n) is 20.9. The fourth-order valence-corrected chi connectivity index (χ4v) is 5.63. The number of benzene rings is 3. The molecule has 0 radical (unpaired) electrons. The van der Waals surface area contributed by atoms with Crippen LogP contribution in [0.4, 0.5) is 0 Å². The van der Waals surface area contributed by atoms with E-state index in [4.69, 9.17) is 23.5 Å². The molecular formula is C28H23NO8S. The van der Waals surface area contributed by atoms with Gasteiger partial charge in [0.05, 0.1) is 39.1 Å². The Balaban J connectivity index is 1.67. The van der Waals surface area contributed by atoms with Gasteiger partial charge in [0.15, 0.2) is 23.0 Å². The van der Waals surface area contributed by atoms with Gasteiger partial charge < -0.3 is 28.6 Å². The molecule has 0 spiro atoms. The van der Waals surface area contributed by atoms with Gasteiger partial charge in [0.1, 0.15) is 11.4 Å². The number of carbonyl (C=O) groups is 1. The van der Waals surface area contributed by atoms with Gasteiger partial charge in [-0.15, -0.1) is 0 Å². The highest BCUT2D eigenvalue weighted by Crippen LogP contribution is 2.56. The molecular weight excluding hydrogens is 510 g/mol. The van der Waals surface area contributed by atoms with E-state index in [9.17, 15) is 14.7 Å². The summed E-state index contributed by atoms with van der Waals surface area (Å²) in [6.07, 6.45) is 3.05. The van der Waals surface area contributed by atoms with Crippen molar-refractivity contribution in [2.45, 2.75) is 5.25 Å². The van der Waals surface area contributed by atoms with E-state index in [-0.39, 0.29) is 16.3 Å². The molecule has 1 atom stereocenters. The summed E-state index contributed by atoms with van der Waals surface area (Å²) >= 11 is 1.01. The molecule has 1 aromatic heterocycles. The standard InChI is InChI=1S/C28H23NO8S/c1-33-18-7-5-6-15-22(18)27(38-21(31)11-9-14-8-10-17(30)19(12-14)34-2)25-23-16(28(32)37-29-25)13-20(35-3)26(36-4)24(15)23/h5-13,27,30H,1-4H3. The summed E-state index contributed by atoms with van der Waals surface area (Å²) in [5.41, 5.74) is 2.46. The van der Waals surface area contributed by atoms with E-state index < -0.39 is 10.9 Å². The Hall–Kier alpha value is -4.44. The summed E-state index contributed by atoms with van der Waals surface area (Å²) in [6.45, 7) is 0. The van der Waals surface area contributed by atoms with Crippen LogP contribution in [0.1, 0.15) is 22.1 Å². The van der Waals surface area contributed by atoms with Crippen LogP contribution >= 0.6 is 11.8 Å². The first-order chi connectivity index (χ1) is 18.4. The number of fused-ring (bicyclic) bond motifs is 2. The number of hydrogen-bond acceptors (Lipinski definition) is 10. The van der Waals surface area contributed by atoms with Crippen LogP contribution < -0.4 is 24.6 Å². The minimum absolute atomic E-state index is 0.00245.